The van der Waals surface area contributed by atoms with Crippen LogP contribution in [0.25, 0.3) is 0 Å². The van der Waals surface area contributed by atoms with E-state index in [1.54, 1.807) is 7.11 Å². The van der Waals surface area contributed by atoms with Crippen molar-refractivity contribution in [1.29, 1.82) is 0 Å². The predicted octanol–water partition coefficient (Wildman–Crippen LogP) is 1.71. The second-order valence-corrected chi connectivity index (χ2v) is 7.75. The fourth-order valence-electron chi connectivity index (χ4n) is 3.03. The van der Waals surface area contributed by atoms with Crippen LogP contribution >= 0.6 is 0 Å². The SMILES string of the molecule is COC1CCCC1S(=O)(=O)NC(C)Cc1c(C)noc1C. The van der Waals surface area contributed by atoms with Crippen LogP contribution in [0.2, 0.25) is 0 Å². The summed E-state index contributed by atoms with van der Waals surface area (Å²) in [6.07, 6.45) is 2.73. The van der Waals surface area contributed by atoms with Crippen LogP contribution in [0, 0.1) is 13.8 Å². The first-order valence-electron chi connectivity index (χ1n) is 7.31. The zero-order chi connectivity index (χ0) is 15.6. The number of rotatable bonds is 6. The van der Waals surface area contributed by atoms with E-state index in [1.165, 1.54) is 0 Å². The predicted molar refractivity (Wildman–Crippen MR) is 79.6 cm³/mol. The summed E-state index contributed by atoms with van der Waals surface area (Å²) in [5, 5.41) is 3.45. The summed E-state index contributed by atoms with van der Waals surface area (Å²) in [5.74, 6) is 0.745. The first kappa shape index (κ1) is 16.5. The van der Waals surface area contributed by atoms with Gasteiger partial charge in [0, 0.05) is 18.7 Å². The first-order valence-corrected chi connectivity index (χ1v) is 8.85. The summed E-state index contributed by atoms with van der Waals surface area (Å²) < 4.78 is 38.1. The van der Waals surface area contributed by atoms with Crippen molar-refractivity contribution in [3.8, 4) is 0 Å². The van der Waals surface area contributed by atoms with Crippen molar-refractivity contribution in [3.05, 3.63) is 17.0 Å². The molecule has 2 rings (SSSR count). The molecule has 0 spiro atoms. The highest BCUT2D eigenvalue weighted by molar-refractivity contribution is 7.90. The molecule has 21 heavy (non-hydrogen) atoms. The van der Waals surface area contributed by atoms with Gasteiger partial charge in [0.2, 0.25) is 10.0 Å². The van der Waals surface area contributed by atoms with Gasteiger partial charge in [0.05, 0.1) is 11.8 Å². The molecule has 1 heterocycles. The molecule has 3 unspecified atom stereocenters. The molecular weight excluding hydrogens is 292 g/mol. The molecule has 1 fully saturated rings. The number of nitrogens with zero attached hydrogens (tertiary/aromatic N) is 1. The van der Waals surface area contributed by atoms with Crippen LogP contribution in [-0.2, 0) is 21.2 Å². The van der Waals surface area contributed by atoms with Crippen LogP contribution in [0.3, 0.4) is 0 Å². The van der Waals surface area contributed by atoms with Crippen LogP contribution in [0.15, 0.2) is 4.52 Å². The lowest BCUT2D eigenvalue weighted by molar-refractivity contribution is 0.111. The highest BCUT2D eigenvalue weighted by atomic mass is 32.2. The fraction of sp³-hybridized carbons (Fsp3) is 0.786. The zero-order valence-electron chi connectivity index (χ0n) is 13.0. The minimum atomic E-state index is -3.38. The van der Waals surface area contributed by atoms with E-state index in [1.807, 2.05) is 20.8 Å². The second-order valence-electron chi connectivity index (χ2n) is 5.81. The molecule has 1 N–H and O–H groups in total. The number of sulfonamides is 1. The number of aromatic nitrogens is 1. The summed E-state index contributed by atoms with van der Waals surface area (Å²) in [7, 11) is -1.80. The summed E-state index contributed by atoms with van der Waals surface area (Å²) >= 11 is 0. The molecule has 0 aromatic carbocycles. The standard InChI is InChI=1S/C14H24N2O4S/c1-9(8-12-10(2)15-20-11(12)3)16-21(17,18)14-7-5-6-13(14)19-4/h9,13-14,16H,5-8H2,1-4H3. The minimum Gasteiger partial charge on any atom is -0.380 e. The van der Waals surface area contributed by atoms with E-state index in [2.05, 4.69) is 9.88 Å². The molecule has 1 aromatic rings. The Balaban J connectivity index is 2.03. The van der Waals surface area contributed by atoms with Crippen LogP contribution in [0.5, 0.6) is 0 Å². The Morgan fingerprint density at radius 3 is 2.71 bits per heavy atom. The molecule has 6 nitrogen and oxygen atoms in total. The Kier molecular flexibility index (Phi) is 5.06. The van der Waals surface area contributed by atoms with Crippen molar-refractivity contribution in [2.45, 2.75) is 63.9 Å². The number of ether oxygens (including phenoxy) is 1. The van der Waals surface area contributed by atoms with Crippen molar-refractivity contribution in [3.63, 3.8) is 0 Å². The molecule has 0 aliphatic heterocycles. The van der Waals surface area contributed by atoms with Gasteiger partial charge in [-0.25, -0.2) is 13.1 Å². The maximum Gasteiger partial charge on any atom is 0.217 e. The molecule has 0 saturated heterocycles. The fourth-order valence-corrected chi connectivity index (χ4v) is 4.97. The van der Waals surface area contributed by atoms with Crippen LogP contribution in [0.1, 0.15) is 43.2 Å². The van der Waals surface area contributed by atoms with Crippen molar-refractivity contribution < 1.29 is 17.7 Å². The molecule has 7 heteroatoms. The number of aryl methyl sites for hydroxylation is 2. The summed E-state index contributed by atoms with van der Waals surface area (Å²) in [5.41, 5.74) is 1.79. The third kappa shape index (κ3) is 3.64. The van der Waals surface area contributed by atoms with Crippen molar-refractivity contribution >= 4 is 10.0 Å². The van der Waals surface area contributed by atoms with Gasteiger partial charge in [-0.15, -0.1) is 0 Å². The zero-order valence-corrected chi connectivity index (χ0v) is 13.9. The molecule has 1 aliphatic rings. The number of methoxy groups -OCH3 is 1. The van der Waals surface area contributed by atoms with E-state index in [4.69, 9.17) is 9.26 Å². The molecule has 3 atom stereocenters. The second kappa shape index (κ2) is 6.46. The molecule has 0 bridgehead atoms. The van der Waals surface area contributed by atoms with E-state index in [9.17, 15) is 8.42 Å². The van der Waals surface area contributed by atoms with E-state index >= 15 is 0 Å². The van der Waals surface area contributed by atoms with Gasteiger partial charge >= 0.3 is 0 Å². The highest BCUT2D eigenvalue weighted by Gasteiger charge is 2.38. The minimum absolute atomic E-state index is 0.200. The Labute approximate surface area is 126 Å². The Bertz CT molecular complexity index is 562. The number of hydrogen-bond acceptors (Lipinski definition) is 5. The van der Waals surface area contributed by atoms with Gasteiger partial charge in [0.25, 0.3) is 0 Å². The largest absolute Gasteiger partial charge is 0.380 e. The van der Waals surface area contributed by atoms with Gasteiger partial charge in [0.1, 0.15) is 11.0 Å². The third-order valence-corrected chi connectivity index (χ3v) is 6.22. The lowest BCUT2D eigenvalue weighted by atomic mass is 10.1. The molecule has 120 valence electrons. The average molecular weight is 316 g/mol. The summed E-state index contributed by atoms with van der Waals surface area (Å²) in [6, 6.07) is -0.204. The topological polar surface area (TPSA) is 81.4 Å². The van der Waals surface area contributed by atoms with E-state index < -0.39 is 15.3 Å². The third-order valence-electron chi connectivity index (χ3n) is 4.15. The smallest absolute Gasteiger partial charge is 0.217 e. The van der Waals surface area contributed by atoms with E-state index in [-0.39, 0.29) is 12.1 Å². The van der Waals surface area contributed by atoms with Crippen LogP contribution < -0.4 is 4.72 Å². The molecule has 0 radical (unpaired) electrons. The monoisotopic (exact) mass is 316 g/mol. The van der Waals surface area contributed by atoms with Crippen LogP contribution in [0.4, 0.5) is 0 Å². The van der Waals surface area contributed by atoms with Gasteiger partial charge in [-0.05, 0) is 46.5 Å². The lowest BCUT2D eigenvalue weighted by Crippen LogP contribution is -2.44. The van der Waals surface area contributed by atoms with Gasteiger partial charge in [-0.3, -0.25) is 0 Å². The van der Waals surface area contributed by atoms with Gasteiger partial charge < -0.3 is 9.26 Å². The van der Waals surface area contributed by atoms with Gasteiger partial charge in [-0.2, -0.15) is 0 Å². The summed E-state index contributed by atoms with van der Waals surface area (Å²) in [6.45, 7) is 5.57. The van der Waals surface area contributed by atoms with Gasteiger partial charge in [-0.1, -0.05) is 5.16 Å². The first-order chi connectivity index (χ1) is 9.85. The highest BCUT2D eigenvalue weighted by Crippen LogP contribution is 2.27. The van der Waals surface area contributed by atoms with E-state index in [0.717, 1.165) is 29.9 Å². The van der Waals surface area contributed by atoms with Crippen LogP contribution in [-0.4, -0.2) is 38.1 Å². The Morgan fingerprint density at radius 1 is 1.43 bits per heavy atom. The molecule has 1 aliphatic carbocycles. The summed E-state index contributed by atoms with van der Waals surface area (Å²) in [4.78, 5) is 0. The van der Waals surface area contributed by atoms with E-state index in [0.29, 0.717) is 12.8 Å². The Morgan fingerprint density at radius 2 is 2.14 bits per heavy atom. The maximum absolute atomic E-state index is 12.5. The molecule has 1 saturated carbocycles. The molecular formula is C14H24N2O4S. The van der Waals surface area contributed by atoms with Crippen molar-refractivity contribution in [1.82, 2.24) is 9.88 Å². The maximum atomic E-state index is 12.5. The lowest BCUT2D eigenvalue weighted by Gasteiger charge is -2.22. The average Bonchev–Trinajstić information content (AvgIpc) is 3.00. The molecule has 0 amide bonds. The normalized spacial score (nSPS) is 24.4. The van der Waals surface area contributed by atoms with Gasteiger partial charge in [0.15, 0.2) is 0 Å². The quantitative estimate of drug-likeness (QED) is 0.864. The molecule has 1 aromatic heterocycles. The number of hydrogen-bond donors (Lipinski definition) is 1. The Hall–Kier alpha value is -0.920. The number of nitrogens with one attached hydrogen (secondary N) is 1. The van der Waals surface area contributed by atoms with Crippen molar-refractivity contribution in [2.24, 2.45) is 0 Å². The van der Waals surface area contributed by atoms with Crippen molar-refractivity contribution in [2.75, 3.05) is 7.11 Å².